The van der Waals surface area contributed by atoms with Crippen LogP contribution in [0.15, 0.2) is 61.1 Å². The third kappa shape index (κ3) is 3.44. The van der Waals surface area contributed by atoms with Crippen molar-refractivity contribution in [2.24, 2.45) is 0 Å². The number of hydrogen-bond donors (Lipinski definition) is 1. The Kier molecular flexibility index (Phi) is 4.75. The molecule has 1 amide bonds. The van der Waals surface area contributed by atoms with E-state index in [-0.39, 0.29) is 13.3 Å². The van der Waals surface area contributed by atoms with E-state index < -0.39 is 0 Å². The van der Waals surface area contributed by atoms with Crippen LogP contribution in [0.3, 0.4) is 0 Å². The average molecular weight is 384 g/mol. The van der Waals surface area contributed by atoms with Gasteiger partial charge >= 0.3 is 0 Å². The zero-order chi connectivity index (χ0) is 20.4. The molecule has 0 radical (unpaired) electrons. The lowest BCUT2D eigenvalue weighted by Crippen LogP contribution is -2.16. The van der Waals surface area contributed by atoms with Crippen LogP contribution < -0.4 is 5.32 Å². The number of carbonyl (C=O) groups is 1. The predicted octanol–water partition coefficient (Wildman–Crippen LogP) is 4.31. The van der Waals surface area contributed by atoms with E-state index in [4.69, 9.17) is 0 Å². The van der Waals surface area contributed by atoms with Crippen LogP contribution in [0, 0.1) is 11.3 Å². The SMILES string of the molecule is CC(C)c1c(C#N)cccc1C(=O)Nc1ccc2cnn(-c3ccnnc3)c2c1.[HH]. The topological polar surface area (TPSA) is 96.5 Å². The highest BCUT2D eigenvalue weighted by Crippen LogP contribution is 2.26. The Morgan fingerprint density at radius 1 is 1.17 bits per heavy atom. The quantitative estimate of drug-likeness (QED) is 0.565. The van der Waals surface area contributed by atoms with Crippen LogP contribution in [-0.4, -0.2) is 25.9 Å². The van der Waals surface area contributed by atoms with Gasteiger partial charge < -0.3 is 5.32 Å². The molecular formula is C22H20N6O. The summed E-state index contributed by atoms with van der Waals surface area (Å²) in [5.41, 5.74) is 4.04. The third-order valence-electron chi connectivity index (χ3n) is 4.69. The summed E-state index contributed by atoms with van der Waals surface area (Å²) < 4.78 is 1.75. The summed E-state index contributed by atoms with van der Waals surface area (Å²) >= 11 is 0. The molecule has 7 heteroatoms. The minimum Gasteiger partial charge on any atom is -0.322 e. The van der Waals surface area contributed by atoms with Crippen molar-refractivity contribution in [3.63, 3.8) is 0 Å². The van der Waals surface area contributed by atoms with Gasteiger partial charge in [0.05, 0.1) is 41.4 Å². The molecule has 4 aromatic rings. The average Bonchev–Trinajstić information content (AvgIpc) is 3.17. The van der Waals surface area contributed by atoms with Crippen molar-refractivity contribution in [3.8, 4) is 11.8 Å². The fourth-order valence-electron chi connectivity index (χ4n) is 3.39. The largest absolute Gasteiger partial charge is 0.322 e. The number of carbonyl (C=O) groups excluding carboxylic acids is 1. The van der Waals surface area contributed by atoms with Crippen molar-refractivity contribution in [1.29, 1.82) is 5.26 Å². The number of benzene rings is 2. The van der Waals surface area contributed by atoms with Crippen molar-refractivity contribution in [3.05, 3.63) is 77.7 Å². The van der Waals surface area contributed by atoms with E-state index in [1.165, 1.54) is 0 Å². The molecule has 0 aliphatic rings. The second-order valence-electron chi connectivity index (χ2n) is 6.92. The normalized spacial score (nSPS) is 10.8. The van der Waals surface area contributed by atoms with E-state index in [9.17, 15) is 10.1 Å². The van der Waals surface area contributed by atoms with Gasteiger partial charge in [0, 0.05) is 18.1 Å². The summed E-state index contributed by atoms with van der Waals surface area (Å²) in [6, 6.07) is 14.8. The zero-order valence-electron chi connectivity index (χ0n) is 16.0. The zero-order valence-corrected chi connectivity index (χ0v) is 16.0. The standard InChI is InChI=1S/C22H18N6O.H2/c1-14(2)21-15(11-23)4-3-5-19(21)22(29)27-17-7-6-16-12-26-28(20(16)10-17)18-8-9-24-25-13-18;/h3-10,12-14H,1-2H3,(H,27,29);1H. The summed E-state index contributed by atoms with van der Waals surface area (Å²) in [5, 5.41) is 25.4. The van der Waals surface area contributed by atoms with Gasteiger partial charge in [0.25, 0.3) is 5.91 Å². The Balaban J connectivity index is 0.00000256. The van der Waals surface area contributed by atoms with Gasteiger partial charge in [-0.25, -0.2) is 4.68 Å². The smallest absolute Gasteiger partial charge is 0.255 e. The van der Waals surface area contributed by atoms with Crippen LogP contribution in [0.25, 0.3) is 16.6 Å². The summed E-state index contributed by atoms with van der Waals surface area (Å²) in [7, 11) is 0. The summed E-state index contributed by atoms with van der Waals surface area (Å²) in [6.45, 7) is 3.95. The molecule has 7 nitrogen and oxygen atoms in total. The lowest BCUT2D eigenvalue weighted by atomic mass is 9.92. The highest BCUT2D eigenvalue weighted by atomic mass is 16.1. The lowest BCUT2D eigenvalue weighted by Gasteiger charge is -2.14. The van der Waals surface area contributed by atoms with Crippen LogP contribution >= 0.6 is 0 Å². The first kappa shape index (κ1) is 18.3. The van der Waals surface area contributed by atoms with Crippen LogP contribution in [-0.2, 0) is 0 Å². The minimum atomic E-state index is -0.248. The second kappa shape index (κ2) is 7.52. The minimum absolute atomic E-state index is 0. The molecule has 2 aromatic carbocycles. The number of nitrogens with one attached hydrogen (secondary N) is 1. The number of rotatable bonds is 4. The molecule has 0 fully saturated rings. The number of fused-ring (bicyclic) bond motifs is 1. The molecule has 0 bridgehead atoms. The molecule has 29 heavy (non-hydrogen) atoms. The van der Waals surface area contributed by atoms with E-state index in [0.717, 1.165) is 22.2 Å². The summed E-state index contributed by atoms with van der Waals surface area (Å²) in [4.78, 5) is 13.0. The Hall–Kier alpha value is -4.05. The van der Waals surface area contributed by atoms with Gasteiger partial charge in [-0.05, 0) is 47.9 Å². The first-order chi connectivity index (χ1) is 14.1. The van der Waals surface area contributed by atoms with Crippen molar-refractivity contribution >= 4 is 22.5 Å². The van der Waals surface area contributed by atoms with E-state index >= 15 is 0 Å². The van der Waals surface area contributed by atoms with Crippen LogP contribution in [0.4, 0.5) is 5.69 Å². The number of hydrogen-bond acceptors (Lipinski definition) is 5. The Morgan fingerprint density at radius 2 is 2.03 bits per heavy atom. The molecule has 0 aliphatic carbocycles. The van der Waals surface area contributed by atoms with Crippen molar-refractivity contribution in [2.45, 2.75) is 19.8 Å². The molecule has 0 saturated carbocycles. The molecular weight excluding hydrogens is 364 g/mol. The van der Waals surface area contributed by atoms with Crippen LogP contribution in [0.1, 0.15) is 42.7 Å². The van der Waals surface area contributed by atoms with Crippen molar-refractivity contribution in [2.75, 3.05) is 5.32 Å². The van der Waals surface area contributed by atoms with E-state index in [1.807, 2.05) is 38.1 Å². The van der Waals surface area contributed by atoms with Gasteiger partial charge in [-0.1, -0.05) is 19.9 Å². The molecule has 2 heterocycles. The van der Waals surface area contributed by atoms with E-state index in [2.05, 4.69) is 26.7 Å². The number of nitrogens with zero attached hydrogens (tertiary/aromatic N) is 5. The highest BCUT2D eigenvalue weighted by molar-refractivity contribution is 6.06. The molecule has 1 N–H and O–H groups in total. The fraction of sp³-hybridized carbons (Fsp3) is 0.136. The first-order valence-electron chi connectivity index (χ1n) is 9.17. The number of aromatic nitrogens is 4. The third-order valence-corrected chi connectivity index (χ3v) is 4.69. The Bertz CT molecular complexity index is 1240. The molecule has 0 saturated heterocycles. The van der Waals surface area contributed by atoms with E-state index in [0.29, 0.717) is 16.8 Å². The first-order valence-corrected chi connectivity index (χ1v) is 9.17. The van der Waals surface area contributed by atoms with Gasteiger partial charge in [0.2, 0.25) is 0 Å². The Morgan fingerprint density at radius 3 is 2.76 bits per heavy atom. The van der Waals surface area contributed by atoms with Gasteiger partial charge in [0.1, 0.15) is 0 Å². The van der Waals surface area contributed by atoms with Gasteiger partial charge in [0.15, 0.2) is 0 Å². The maximum Gasteiger partial charge on any atom is 0.255 e. The molecule has 0 spiro atoms. The van der Waals surface area contributed by atoms with Gasteiger partial charge in [-0.15, -0.1) is 0 Å². The van der Waals surface area contributed by atoms with Crippen molar-refractivity contribution < 1.29 is 6.22 Å². The predicted molar refractivity (Wildman–Crippen MR) is 112 cm³/mol. The molecule has 0 unspecified atom stereocenters. The lowest BCUT2D eigenvalue weighted by molar-refractivity contribution is 0.102. The summed E-state index contributed by atoms with van der Waals surface area (Å²) in [5.74, 6) is -0.198. The van der Waals surface area contributed by atoms with E-state index in [1.54, 1.807) is 41.5 Å². The number of amides is 1. The number of nitriles is 1. The van der Waals surface area contributed by atoms with Crippen LogP contribution in [0.2, 0.25) is 0 Å². The van der Waals surface area contributed by atoms with Gasteiger partial charge in [-0.2, -0.15) is 20.6 Å². The molecule has 0 atom stereocenters. The van der Waals surface area contributed by atoms with Gasteiger partial charge in [-0.3, -0.25) is 4.79 Å². The maximum atomic E-state index is 13.0. The monoisotopic (exact) mass is 384 g/mol. The highest BCUT2D eigenvalue weighted by Gasteiger charge is 2.18. The second-order valence-corrected chi connectivity index (χ2v) is 6.92. The fourth-order valence-corrected chi connectivity index (χ4v) is 3.39. The molecule has 2 aromatic heterocycles. The number of anilines is 1. The molecule has 0 aliphatic heterocycles. The van der Waals surface area contributed by atoms with Crippen LogP contribution in [0.5, 0.6) is 0 Å². The molecule has 4 rings (SSSR count). The summed E-state index contributed by atoms with van der Waals surface area (Å²) in [6.07, 6.45) is 4.98. The van der Waals surface area contributed by atoms with Crippen molar-refractivity contribution in [1.82, 2.24) is 20.0 Å². The Labute approximate surface area is 169 Å². The maximum absolute atomic E-state index is 13.0. The molecule has 144 valence electrons.